The molecule has 1 fully saturated rings. The van der Waals surface area contributed by atoms with E-state index in [4.69, 9.17) is 11.6 Å². The minimum absolute atomic E-state index is 0.433. The molecule has 0 bridgehead atoms. The fourth-order valence-corrected chi connectivity index (χ4v) is 3.88. The van der Waals surface area contributed by atoms with E-state index in [1.165, 1.54) is 35.0 Å². The molecule has 0 aliphatic heterocycles. The zero-order valence-corrected chi connectivity index (χ0v) is 12.4. The zero-order valence-electron chi connectivity index (χ0n) is 9.22. The molecule has 1 N–H and O–H groups in total. The first kappa shape index (κ1) is 12.9. The fraction of sp³-hybridized carbons (Fsp3) is 0.667. The van der Waals surface area contributed by atoms with Crippen LogP contribution < -0.4 is 5.32 Å². The highest BCUT2D eigenvalue weighted by atomic mass is 79.9. The van der Waals surface area contributed by atoms with Crippen LogP contribution in [0.15, 0.2) is 15.9 Å². The quantitative estimate of drug-likeness (QED) is 0.810. The predicted octanol–water partition coefficient (Wildman–Crippen LogP) is 4.40. The summed E-state index contributed by atoms with van der Waals surface area (Å²) in [5.41, 5.74) is 0. The van der Waals surface area contributed by atoms with E-state index in [-0.39, 0.29) is 0 Å². The smallest absolute Gasteiger partial charge is 0.0336 e. The van der Waals surface area contributed by atoms with Crippen LogP contribution in [0.25, 0.3) is 0 Å². The molecule has 0 amide bonds. The molecule has 1 aliphatic rings. The van der Waals surface area contributed by atoms with Crippen molar-refractivity contribution >= 4 is 38.9 Å². The summed E-state index contributed by atoms with van der Waals surface area (Å²) >= 11 is 11.5. The molecule has 0 spiro atoms. The van der Waals surface area contributed by atoms with Crippen molar-refractivity contribution in [3.8, 4) is 0 Å². The molecule has 1 saturated carbocycles. The number of hydrogen-bond donors (Lipinski definition) is 1. The van der Waals surface area contributed by atoms with E-state index in [1.807, 2.05) is 0 Å². The molecular weight excluding hydrogens is 306 g/mol. The Balaban J connectivity index is 1.67. The van der Waals surface area contributed by atoms with Crippen LogP contribution in [0.5, 0.6) is 0 Å². The van der Waals surface area contributed by atoms with Crippen LogP contribution in [0.1, 0.15) is 30.6 Å². The fourth-order valence-electron chi connectivity index (χ4n) is 2.17. The Hall–Kier alpha value is 0.430. The second-order valence-electron chi connectivity index (χ2n) is 4.44. The Morgan fingerprint density at radius 3 is 2.75 bits per heavy atom. The molecule has 1 aliphatic carbocycles. The monoisotopic (exact) mass is 321 g/mol. The van der Waals surface area contributed by atoms with Crippen LogP contribution in [0, 0.1) is 5.92 Å². The van der Waals surface area contributed by atoms with Gasteiger partial charge in [-0.3, -0.25) is 0 Å². The zero-order chi connectivity index (χ0) is 11.4. The van der Waals surface area contributed by atoms with Crippen molar-refractivity contribution in [3.05, 3.63) is 20.8 Å². The molecule has 1 heterocycles. The van der Waals surface area contributed by atoms with E-state index in [0.717, 1.165) is 19.0 Å². The van der Waals surface area contributed by atoms with Gasteiger partial charge in [-0.15, -0.1) is 22.9 Å². The molecule has 90 valence electrons. The van der Waals surface area contributed by atoms with E-state index >= 15 is 0 Å². The number of rotatable bonds is 4. The van der Waals surface area contributed by atoms with Crippen LogP contribution in [-0.4, -0.2) is 11.9 Å². The average Bonchev–Trinajstić information content (AvgIpc) is 2.68. The van der Waals surface area contributed by atoms with Crippen LogP contribution >= 0.6 is 38.9 Å². The molecule has 4 heteroatoms. The molecule has 0 radical (unpaired) electrons. The highest BCUT2D eigenvalue weighted by Gasteiger charge is 2.18. The average molecular weight is 323 g/mol. The molecule has 1 nitrogen and oxygen atoms in total. The largest absolute Gasteiger partial charge is 0.312 e. The first-order valence-corrected chi connectivity index (χ1v) is 7.93. The number of thiophene rings is 1. The van der Waals surface area contributed by atoms with Crippen molar-refractivity contribution in [1.82, 2.24) is 5.32 Å². The number of nitrogens with one attached hydrogen (secondary N) is 1. The molecule has 1 aromatic rings. The van der Waals surface area contributed by atoms with Crippen molar-refractivity contribution in [2.24, 2.45) is 5.92 Å². The van der Waals surface area contributed by atoms with E-state index in [9.17, 15) is 0 Å². The van der Waals surface area contributed by atoms with Gasteiger partial charge in [-0.2, -0.15) is 0 Å². The predicted molar refractivity (Wildman–Crippen MR) is 75.3 cm³/mol. The van der Waals surface area contributed by atoms with Crippen LogP contribution in [0.3, 0.4) is 0 Å². The van der Waals surface area contributed by atoms with Crippen molar-refractivity contribution < 1.29 is 0 Å². The Labute approximate surface area is 115 Å². The summed E-state index contributed by atoms with van der Waals surface area (Å²) in [4.78, 5) is 1.39. The molecular formula is C12H17BrClNS. The first-order chi connectivity index (χ1) is 7.75. The second-order valence-corrected chi connectivity index (χ2v) is 6.91. The third kappa shape index (κ3) is 3.73. The van der Waals surface area contributed by atoms with Gasteiger partial charge in [0.15, 0.2) is 0 Å². The second kappa shape index (κ2) is 6.39. The molecule has 0 saturated heterocycles. The number of halogens is 2. The van der Waals surface area contributed by atoms with Gasteiger partial charge in [-0.25, -0.2) is 0 Å². The lowest BCUT2D eigenvalue weighted by molar-refractivity contribution is 0.346. The summed E-state index contributed by atoms with van der Waals surface area (Å²) in [5.74, 6) is 0.828. The number of alkyl halides is 1. The normalized spacial score (nSPS) is 25.9. The Morgan fingerprint density at radius 2 is 2.12 bits per heavy atom. The lowest BCUT2D eigenvalue weighted by Crippen LogP contribution is -2.26. The maximum absolute atomic E-state index is 6.09. The summed E-state index contributed by atoms with van der Waals surface area (Å²) in [6.45, 7) is 2.12. The summed E-state index contributed by atoms with van der Waals surface area (Å²) in [5, 5.41) is 6.11. The van der Waals surface area contributed by atoms with Crippen LogP contribution in [-0.2, 0) is 6.54 Å². The summed E-state index contributed by atoms with van der Waals surface area (Å²) in [6.07, 6.45) is 4.95. The van der Waals surface area contributed by atoms with Gasteiger partial charge in [0.05, 0.1) is 0 Å². The lowest BCUT2D eigenvalue weighted by Gasteiger charge is -2.25. The highest BCUT2D eigenvalue weighted by molar-refractivity contribution is 9.10. The van der Waals surface area contributed by atoms with Crippen LogP contribution in [0.4, 0.5) is 0 Å². The first-order valence-electron chi connectivity index (χ1n) is 5.82. The minimum atomic E-state index is 0.433. The van der Waals surface area contributed by atoms with Gasteiger partial charge in [0.25, 0.3) is 0 Å². The summed E-state index contributed by atoms with van der Waals surface area (Å²) in [6, 6.07) is 2.11. The molecule has 0 aromatic carbocycles. The molecule has 1 aromatic heterocycles. The molecule has 0 unspecified atom stereocenters. The summed E-state index contributed by atoms with van der Waals surface area (Å²) in [7, 11) is 0. The topological polar surface area (TPSA) is 12.0 Å². The van der Waals surface area contributed by atoms with E-state index in [1.54, 1.807) is 11.3 Å². The molecule has 2 rings (SSSR count). The third-order valence-corrected chi connectivity index (χ3v) is 5.55. The van der Waals surface area contributed by atoms with Crippen molar-refractivity contribution in [1.29, 1.82) is 0 Å². The van der Waals surface area contributed by atoms with Gasteiger partial charge in [0.1, 0.15) is 0 Å². The highest BCUT2D eigenvalue weighted by Crippen LogP contribution is 2.27. The van der Waals surface area contributed by atoms with Gasteiger partial charge < -0.3 is 5.32 Å². The van der Waals surface area contributed by atoms with Gasteiger partial charge in [0.2, 0.25) is 0 Å². The van der Waals surface area contributed by atoms with Gasteiger partial charge in [0, 0.05) is 21.3 Å². The Kier molecular flexibility index (Phi) is 5.14. The summed E-state index contributed by atoms with van der Waals surface area (Å²) < 4.78 is 1.23. The van der Waals surface area contributed by atoms with E-state index < -0.39 is 0 Å². The maximum atomic E-state index is 6.09. The minimum Gasteiger partial charge on any atom is -0.312 e. The lowest BCUT2D eigenvalue weighted by atomic mass is 9.89. The van der Waals surface area contributed by atoms with Gasteiger partial charge >= 0.3 is 0 Å². The third-order valence-electron chi connectivity index (χ3n) is 3.19. The molecule has 16 heavy (non-hydrogen) atoms. The van der Waals surface area contributed by atoms with Gasteiger partial charge in [-0.05, 0) is 65.5 Å². The van der Waals surface area contributed by atoms with Crippen molar-refractivity contribution in [2.45, 2.75) is 37.6 Å². The van der Waals surface area contributed by atoms with Gasteiger partial charge in [-0.1, -0.05) is 0 Å². The van der Waals surface area contributed by atoms with E-state index in [0.29, 0.717) is 5.38 Å². The van der Waals surface area contributed by atoms with Crippen molar-refractivity contribution in [3.63, 3.8) is 0 Å². The van der Waals surface area contributed by atoms with Crippen LogP contribution in [0.2, 0.25) is 0 Å². The maximum Gasteiger partial charge on any atom is 0.0336 e. The Morgan fingerprint density at radius 1 is 1.38 bits per heavy atom. The van der Waals surface area contributed by atoms with Crippen molar-refractivity contribution in [2.75, 3.05) is 6.54 Å². The van der Waals surface area contributed by atoms with E-state index in [2.05, 4.69) is 32.7 Å². The Bertz CT molecular complexity index is 321. The number of hydrogen-bond acceptors (Lipinski definition) is 2. The SMILES string of the molecule is ClC1CCC(CNCc2sccc2Br)CC1. The standard InChI is InChI=1S/C12H17BrClNS/c13-11-5-6-16-12(11)8-15-7-9-1-3-10(14)4-2-9/h5-6,9-10,15H,1-4,7-8H2. The molecule has 0 atom stereocenters.